The third kappa shape index (κ3) is 30.2. The number of aliphatic hydroxyl groups excluding tert-OH is 21. The number of amides is 11. The zero-order valence-corrected chi connectivity index (χ0v) is 78.4. The predicted molar refractivity (Wildman–Crippen MR) is 470 cm³/mol. The minimum Gasteiger partial charge on any atom is -0.394 e. The van der Waals surface area contributed by atoms with E-state index in [0.29, 0.717) is 22.9 Å². The van der Waals surface area contributed by atoms with Crippen LogP contribution in [0.4, 0.5) is 0 Å². The molecule has 0 saturated carbocycles. The van der Waals surface area contributed by atoms with Crippen molar-refractivity contribution in [2.75, 3.05) is 52.8 Å². The Hall–Kier alpha value is -8.51. The number of rotatable bonds is 48. The molecule has 1 aromatic carbocycles. The highest BCUT2D eigenvalue weighted by Crippen LogP contribution is 2.38. The van der Waals surface area contributed by atoms with Crippen molar-refractivity contribution >= 4 is 75.9 Å². The minimum absolute atomic E-state index is 0.0225. The van der Waals surface area contributed by atoms with Gasteiger partial charge in [0.05, 0.1) is 71.2 Å². The molecule has 0 unspecified atom stereocenters. The van der Waals surface area contributed by atoms with Crippen LogP contribution in [0.2, 0.25) is 0 Å². The number of nitrogens with two attached hydrogens (primary N) is 4. The largest absolute Gasteiger partial charge is 0.394 e. The maximum Gasteiger partial charge on any atom is 0.245 e. The molecule has 1 aromatic heterocycles. The van der Waals surface area contributed by atoms with Crippen molar-refractivity contribution in [1.29, 1.82) is 0 Å². The first kappa shape index (κ1) is 118. The van der Waals surface area contributed by atoms with Gasteiger partial charge in [0.25, 0.3) is 0 Å². The summed E-state index contributed by atoms with van der Waals surface area (Å²) in [4.78, 5) is 156. The lowest BCUT2D eigenvalue weighted by Crippen LogP contribution is -2.71. The second-order valence-electron chi connectivity index (χ2n) is 36.3. The normalized spacial score (nSPS) is 36.0. The van der Waals surface area contributed by atoms with E-state index < -0.39 is 394 Å². The van der Waals surface area contributed by atoms with Crippen LogP contribution < -0.4 is 70.8 Å². The van der Waals surface area contributed by atoms with E-state index in [4.69, 9.17) is 84.5 Å². The number of aromatic nitrogens is 1. The molecule has 0 bridgehead atoms. The van der Waals surface area contributed by atoms with E-state index in [1.54, 1.807) is 38.1 Å². The zero-order valence-electron chi connectivity index (χ0n) is 78.4. The van der Waals surface area contributed by atoms with Crippen LogP contribution in [0.3, 0.4) is 0 Å². The van der Waals surface area contributed by atoms with Gasteiger partial charge in [-0.2, -0.15) is 0 Å². The lowest BCUT2D eigenvalue weighted by atomic mass is 9.93. The molecule has 7 aliphatic heterocycles. The number of unbranched alkanes of at least 4 members (excludes halogenated alkanes) is 1. The predicted octanol–water partition coefficient (Wildman–Crippen LogP) is -19.6. The Bertz CT molecular complexity index is 4480. The van der Waals surface area contributed by atoms with E-state index in [9.17, 15) is 146 Å². The number of benzene rings is 1. The second kappa shape index (κ2) is 53.9. The van der Waals surface area contributed by atoms with E-state index in [-0.39, 0.29) is 31.7 Å². The molecule has 143 heavy (non-hydrogen) atoms. The summed E-state index contributed by atoms with van der Waals surface area (Å²) in [6, 6.07) is -9.70. The van der Waals surface area contributed by atoms with Gasteiger partial charge in [0.1, 0.15) is 207 Å². The SMILES string of the molecule is CC(=O)N[C@@H]1[C@@H](O)[C@H](O[C@@H]2O[C@H](CO)[C@@H](O[C@@H]3O[C@H](CO[C@@H]4O[C@H](CO[C@@H]5O[C@H](CO)[C@@H](O)[C@H](O)[C@@H]5O)[C@@H](O)[C@H](O[C@@H]5O[C@H](CO)[C@@H](O)[C@H](O)[C@@H]5O)[C@@H]4O)[C@@H](O)[C@H](O[C@@H]4O[C@H](CO)[C@@H](O)[C@H](O)[C@@H]4O)[C@@H]3O)[C@H](O)[C@H]2NC(C)=O)[C@@H](CO)O[C@H]1NC(=O)C[C@H](NC(=O)[C@H](Cc1c[nH]c2ccccc12)NC(=O)[C@H](CCCCN)NC(=O)[C@H](C)N)C(=O)N[C@@H](CC(N)=O)C(=O)N[C@H](C(=O)N[C@@H](CC(C)C)C(N)=O)[C@@H](C)O. The number of carbonyl (C=O) groups excluding carboxylic acids is 11. The van der Waals surface area contributed by atoms with Crippen LogP contribution in [-0.4, -0.2) is 493 Å². The summed E-state index contributed by atoms with van der Waals surface area (Å²) in [5.41, 5.74) is 23.7. The van der Waals surface area contributed by atoms with Crippen molar-refractivity contribution in [3.63, 3.8) is 0 Å². The molecule has 7 saturated heterocycles. The van der Waals surface area contributed by atoms with Gasteiger partial charge in [0.2, 0.25) is 65.0 Å². The minimum atomic E-state index is -2.51. The van der Waals surface area contributed by atoms with Crippen LogP contribution in [0.1, 0.15) is 85.6 Å². The Morgan fingerprint density at radius 3 is 1.31 bits per heavy atom. The number of carbonyl (C=O) groups is 11. The van der Waals surface area contributed by atoms with Crippen molar-refractivity contribution < 1.29 is 222 Å². The summed E-state index contributed by atoms with van der Waals surface area (Å²) in [5, 5.41) is 256. The number of hydrogen-bond donors (Lipinski definition) is 35. The smallest absolute Gasteiger partial charge is 0.245 e. The van der Waals surface area contributed by atoms with Crippen LogP contribution in [-0.2, 0) is 121 Å². The molecular weight excluding hydrogens is 1920 g/mol. The van der Waals surface area contributed by atoms with Crippen molar-refractivity contribution in [2.45, 2.75) is 350 Å². The number of primary amides is 2. The molecule has 812 valence electrons. The number of H-pyrrole nitrogens is 1. The first-order valence-corrected chi connectivity index (χ1v) is 46.1. The van der Waals surface area contributed by atoms with Crippen LogP contribution in [0.15, 0.2) is 30.5 Å². The Labute approximate surface area is 814 Å². The summed E-state index contributed by atoms with van der Waals surface area (Å²) < 4.78 is 76.4. The number of hydrogen-bond acceptors (Lipinski definition) is 47. The number of aromatic amines is 1. The fourth-order valence-electron chi connectivity index (χ4n) is 17.0. The Morgan fingerprint density at radius 2 is 0.818 bits per heavy atom. The molecule has 11 amide bonds. The van der Waals surface area contributed by atoms with Gasteiger partial charge in [-0.25, -0.2) is 0 Å². The lowest BCUT2D eigenvalue weighted by Gasteiger charge is -2.50. The van der Waals surface area contributed by atoms with Crippen LogP contribution in [0, 0.1) is 5.92 Å². The maximum absolute atomic E-state index is 15.3. The van der Waals surface area contributed by atoms with E-state index in [1.165, 1.54) is 13.1 Å². The van der Waals surface area contributed by atoms with Crippen molar-refractivity contribution in [2.24, 2.45) is 28.9 Å². The molecule has 7 fully saturated rings. The number of aliphatic hydroxyl groups is 21. The third-order valence-electron chi connectivity index (χ3n) is 24.9. The maximum atomic E-state index is 15.3. The van der Waals surface area contributed by atoms with Gasteiger partial charge in [0, 0.05) is 37.4 Å². The average Bonchev–Trinajstić information content (AvgIpc) is 1.18. The number of nitrogens with one attached hydrogen (secondary N) is 10. The molecule has 8 heterocycles. The molecule has 39 N–H and O–H groups in total. The quantitative estimate of drug-likeness (QED) is 0.0274. The Balaban J connectivity index is 1.01. The molecule has 0 spiro atoms. The molecule has 2 aromatic rings. The molecule has 59 heteroatoms. The Morgan fingerprint density at radius 1 is 0.413 bits per heavy atom. The molecule has 43 atom stereocenters. The summed E-state index contributed by atoms with van der Waals surface area (Å²) in [5.74, 6) is -13.3. The van der Waals surface area contributed by atoms with E-state index in [0.717, 1.165) is 20.8 Å². The van der Waals surface area contributed by atoms with Crippen molar-refractivity contribution in [1.82, 2.24) is 52.8 Å². The lowest BCUT2D eigenvalue weighted by molar-refractivity contribution is -0.387. The number of para-hydroxylation sites is 1. The number of ether oxygens (including phenoxy) is 13. The highest BCUT2D eigenvalue weighted by molar-refractivity contribution is 6.00. The highest BCUT2D eigenvalue weighted by atomic mass is 16.8. The topological polar surface area (TPSA) is 961 Å². The molecule has 0 radical (unpaired) electrons. The summed E-state index contributed by atoms with van der Waals surface area (Å²) in [6.45, 7) is -0.0865. The molecule has 9 rings (SSSR count). The van der Waals surface area contributed by atoms with Crippen molar-refractivity contribution in [3.05, 3.63) is 36.0 Å². The first-order valence-electron chi connectivity index (χ1n) is 46.1. The van der Waals surface area contributed by atoms with Crippen LogP contribution in [0.25, 0.3) is 10.9 Å². The molecule has 7 aliphatic rings. The second-order valence-corrected chi connectivity index (χ2v) is 36.3. The number of fused-ring (bicyclic) bond motifs is 1. The van der Waals surface area contributed by atoms with Gasteiger partial charge < -0.3 is 245 Å². The van der Waals surface area contributed by atoms with E-state index in [2.05, 4.69) is 52.8 Å². The van der Waals surface area contributed by atoms with Gasteiger partial charge >= 0.3 is 0 Å². The third-order valence-corrected chi connectivity index (χ3v) is 24.9. The first-order chi connectivity index (χ1) is 67.5. The summed E-state index contributed by atoms with van der Waals surface area (Å²) in [6.07, 6.45) is -73.1. The summed E-state index contributed by atoms with van der Waals surface area (Å²) >= 11 is 0. The van der Waals surface area contributed by atoms with Crippen LogP contribution >= 0.6 is 0 Å². The van der Waals surface area contributed by atoms with E-state index >= 15 is 14.4 Å². The van der Waals surface area contributed by atoms with Gasteiger partial charge in [-0.1, -0.05) is 32.0 Å². The monoisotopic (exact) mass is 2060 g/mol. The van der Waals surface area contributed by atoms with Gasteiger partial charge in [0.15, 0.2) is 44.0 Å². The molecular formula is C84H136N14O45. The fourth-order valence-corrected chi connectivity index (χ4v) is 17.0. The van der Waals surface area contributed by atoms with Crippen molar-refractivity contribution in [3.8, 4) is 0 Å². The highest BCUT2D eigenvalue weighted by Gasteiger charge is 2.59. The summed E-state index contributed by atoms with van der Waals surface area (Å²) in [7, 11) is 0. The average molecular weight is 2060 g/mol. The van der Waals surface area contributed by atoms with Crippen LogP contribution in [0.5, 0.6) is 0 Å². The Kier molecular flexibility index (Phi) is 44.5. The molecule has 59 nitrogen and oxygen atoms in total. The van der Waals surface area contributed by atoms with E-state index in [1.807, 2.05) is 0 Å². The van der Waals surface area contributed by atoms with Gasteiger partial charge in [-0.05, 0) is 63.6 Å². The molecule has 0 aliphatic carbocycles. The standard InChI is InChI=1S/C84H136N14O45/c1-27(2)15-36(71(88)124)93-77(130)49(29(4)104)98-76(129)38(17-47(87)107)95-75(128)39(96-74(127)37(16-32-19-89-34-12-8-7-11-33(32)34)94-73(126)35(13-9-10-14-85)92-72(125)28(3)86)18-48(108)97-78-50(90-30(5)105)57(114)67(43(23-102)133-78)140-79-51(91-31(6)106)58(115)68(44(24-103)137-79)141-84-66(123)70(143-83-64(121)61(118)54(111)42(22-101)136-83)56(113)46(139-84)26-132-81-65(122)69(142-82-63(120)60(117)53(110)41(21-100)135-82)55(112)45(138-81)25-131-80-62(119)59(116)52(109)40(20-99)134-80/h7-8,11-12,19,27-29,35-46,49-70,78-84,89,99-104,109-123H,9-10,13-18,20-26,85-86H2,1-6H3,(H2,87,107)(H2,88,124)(H,90,105)(H,91,106)(H,92,125)(H,93,130)(H,94,126)(H,95,128)(H,96,127)(H,97,108)(H,98,129)/t28-,29+,35-,36-,37-,38-,39-,40+,41+,42+,43+,44+,45+,46+,49-,50+,51+,52+,53+,54+,55+,56+,57+,58+,59-,60-,61-,62-,63-,64-,65-,66-,67+,68+,69-,70-,78+,79-,80+,81+,82-,83-,84-/m0/s1. The van der Waals surface area contributed by atoms with Gasteiger partial charge in [-0.3, -0.25) is 52.7 Å². The van der Waals surface area contributed by atoms with Gasteiger partial charge in [-0.15, -0.1) is 0 Å². The fraction of sp³-hybridized carbons (Fsp3) is 0.774. The zero-order chi connectivity index (χ0) is 106.